The number of hydrogen-bond acceptors (Lipinski definition) is 5. The molecule has 1 N–H and O–H groups in total. The number of carbonyl (C=O) groups excluding carboxylic acids is 1. The minimum Gasteiger partial charge on any atom is -0.454 e. The molecule has 1 aliphatic rings. The van der Waals surface area contributed by atoms with Crippen molar-refractivity contribution in [3.05, 3.63) is 47.8 Å². The predicted molar refractivity (Wildman–Crippen MR) is 80.1 cm³/mol. The lowest BCUT2D eigenvalue weighted by Crippen LogP contribution is -2.13. The number of aromatic nitrogens is 1. The Bertz CT molecular complexity index is 853. The molecule has 0 spiro atoms. The Morgan fingerprint density at radius 3 is 2.82 bits per heavy atom. The molecule has 0 saturated heterocycles. The van der Waals surface area contributed by atoms with Gasteiger partial charge in [0.2, 0.25) is 6.79 Å². The van der Waals surface area contributed by atoms with Crippen molar-refractivity contribution in [2.75, 3.05) is 12.1 Å². The summed E-state index contributed by atoms with van der Waals surface area (Å²) >= 11 is 1.29. The molecule has 4 rings (SSSR count). The van der Waals surface area contributed by atoms with Crippen LogP contribution in [-0.4, -0.2) is 17.7 Å². The molecule has 1 aliphatic heterocycles. The molecule has 2 heterocycles. The first-order valence-corrected chi connectivity index (χ1v) is 7.28. The first kappa shape index (κ1) is 13.0. The summed E-state index contributed by atoms with van der Waals surface area (Å²) in [6.07, 6.45) is 0. The summed E-state index contributed by atoms with van der Waals surface area (Å²) in [5, 5.41) is 3.01. The van der Waals surface area contributed by atoms with Crippen LogP contribution in [0.25, 0.3) is 10.2 Å². The quantitative estimate of drug-likeness (QED) is 0.787. The molecule has 0 atom stereocenters. The number of nitrogens with zero attached hydrogens (tertiary/aromatic N) is 1. The van der Waals surface area contributed by atoms with Crippen molar-refractivity contribution < 1.29 is 18.7 Å². The average molecular weight is 316 g/mol. The van der Waals surface area contributed by atoms with Crippen LogP contribution in [0.15, 0.2) is 36.4 Å². The second kappa shape index (κ2) is 4.96. The number of ether oxygens (including phenoxy) is 2. The van der Waals surface area contributed by atoms with E-state index in [1.54, 1.807) is 12.1 Å². The van der Waals surface area contributed by atoms with Crippen LogP contribution in [0.3, 0.4) is 0 Å². The number of thiazole rings is 1. The average Bonchev–Trinajstić information content (AvgIpc) is 3.09. The highest BCUT2D eigenvalue weighted by Crippen LogP contribution is 2.39. The highest BCUT2D eigenvalue weighted by Gasteiger charge is 2.18. The van der Waals surface area contributed by atoms with Gasteiger partial charge in [-0.05, 0) is 12.1 Å². The van der Waals surface area contributed by atoms with Crippen molar-refractivity contribution in [3.8, 4) is 11.5 Å². The van der Waals surface area contributed by atoms with E-state index in [0.29, 0.717) is 22.1 Å². The second-order valence-corrected chi connectivity index (χ2v) is 5.66. The molecule has 22 heavy (non-hydrogen) atoms. The number of halogens is 1. The molecule has 1 amide bonds. The fraction of sp³-hybridized carbons (Fsp3) is 0.0667. The van der Waals surface area contributed by atoms with Gasteiger partial charge in [0, 0.05) is 12.1 Å². The molecular formula is C15H9FN2O3S. The smallest absolute Gasteiger partial charge is 0.260 e. The Labute approximate surface area is 128 Å². The summed E-state index contributed by atoms with van der Waals surface area (Å²) in [6.45, 7) is 0.198. The Morgan fingerprint density at radius 2 is 2.00 bits per heavy atom. The maximum Gasteiger partial charge on any atom is 0.260 e. The number of anilines is 1. The van der Waals surface area contributed by atoms with Crippen LogP contribution in [0.1, 0.15) is 10.4 Å². The van der Waals surface area contributed by atoms with Gasteiger partial charge in [-0.3, -0.25) is 10.1 Å². The van der Waals surface area contributed by atoms with Crippen molar-refractivity contribution in [2.45, 2.75) is 0 Å². The van der Waals surface area contributed by atoms with Gasteiger partial charge in [-0.15, -0.1) is 0 Å². The van der Waals surface area contributed by atoms with E-state index in [1.807, 2.05) is 6.07 Å². The number of benzene rings is 2. The van der Waals surface area contributed by atoms with Gasteiger partial charge >= 0.3 is 0 Å². The number of carbonyl (C=O) groups is 1. The molecule has 0 aliphatic carbocycles. The molecule has 5 nitrogen and oxygen atoms in total. The lowest BCUT2D eigenvalue weighted by Gasteiger charge is -2.02. The molecule has 2 aromatic carbocycles. The van der Waals surface area contributed by atoms with Gasteiger partial charge in [0.05, 0.1) is 15.8 Å². The van der Waals surface area contributed by atoms with Crippen LogP contribution in [-0.2, 0) is 0 Å². The van der Waals surface area contributed by atoms with Crippen molar-refractivity contribution in [1.82, 2.24) is 4.98 Å². The molecule has 0 fully saturated rings. The number of rotatable bonds is 2. The first-order valence-electron chi connectivity index (χ1n) is 6.47. The molecular weight excluding hydrogens is 307 g/mol. The molecule has 1 aromatic heterocycles. The number of nitrogens with one attached hydrogen (secondary N) is 1. The molecule has 3 aromatic rings. The van der Waals surface area contributed by atoms with Crippen LogP contribution < -0.4 is 14.8 Å². The molecule has 110 valence electrons. The largest absolute Gasteiger partial charge is 0.454 e. The summed E-state index contributed by atoms with van der Waals surface area (Å²) < 4.78 is 25.0. The Balaban J connectivity index is 1.65. The first-order chi connectivity index (χ1) is 10.7. The topological polar surface area (TPSA) is 60.5 Å². The standard InChI is InChI=1S/C15H9FN2O3S/c16-9-4-2-1-3-8(9)14(19)18-15-17-10-5-11-12(21-7-20-11)6-13(10)22-15/h1-6H,7H2,(H,17,18,19). The zero-order valence-corrected chi connectivity index (χ0v) is 11.9. The van der Waals surface area contributed by atoms with Crippen molar-refractivity contribution in [2.24, 2.45) is 0 Å². The Morgan fingerprint density at radius 1 is 1.23 bits per heavy atom. The van der Waals surface area contributed by atoms with E-state index in [0.717, 1.165) is 4.70 Å². The van der Waals surface area contributed by atoms with Gasteiger partial charge in [-0.2, -0.15) is 0 Å². The fourth-order valence-corrected chi connectivity index (χ4v) is 3.05. The SMILES string of the molecule is O=C(Nc1nc2cc3c(cc2s1)OCO3)c1ccccc1F. The third kappa shape index (κ3) is 2.15. The lowest BCUT2D eigenvalue weighted by atomic mass is 10.2. The van der Waals surface area contributed by atoms with Crippen molar-refractivity contribution >= 4 is 32.6 Å². The van der Waals surface area contributed by atoms with Crippen LogP contribution in [0.4, 0.5) is 9.52 Å². The van der Waals surface area contributed by atoms with Gasteiger partial charge in [-0.25, -0.2) is 9.37 Å². The fourth-order valence-electron chi connectivity index (χ4n) is 2.18. The minimum absolute atomic E-state index is 0.0177. The summed E-state index contributed by atoms with van der Waals surface area (Å²) in [4.78, 5) is 16.4. The summed E-state index contributed by atoms with van der Waals surface area (Å²) in [5.74, 6) is 0.187. The zero-order chi connectivity index (χ0) is 15.1. The normalized spacial score (nSPS) is 12.6. The summed E-state index contributed by atoms with van der Waals surface area (Å²) in [7, 11) is 0. The predicted octanol–water partition coefficient (Wildman–Crippen LogP) is 3.42. The number of hydrogen-bond donors (Lipinski definition) is 1. The van der Waals surface area contributed by atoms with E-state index in [9.17, 15) is 9.18 Å². The van der Waals surface area contributed by atoms with E-state index in [-0.39, 0.29) is 12.4 Å². The highest BCUT2D eigenvalue weighted by atomic mass is 32.1. The zero-order valence-electron chi connectivity index (χ0n) is 11.1. The summed E-state index contributed by atoms with van der Waals surface area (Å²) in [6, 6.07) is 9.38. The molecule has 7 heteroatoms. The van der Waals surface area contributed by atoms with Crippen LogP contribution in [0, 0.1) is 5.82 Å². The Hall–Kier alpha value is -2.67. The monoisotopic (exact) mass is 316 g/mol. The molecule has 0 saturated carbocycles. The molecule has 0 bridgehead atoms. The van der Waals surface area contributed by atoms with E-state index in [4.69, 9.17) is 9.47 Å². The van der Waals surface area contributed by atoms with Crippen LogP contribution in [0.5, 0.6) is 11.5 Å². The van der Waals surface area contributed by atoms with Crippen LogP contribution >= 0.6 is 11.3 Å². The van der Waals surface area contributed by atoms with E-state index in [1.165, 1.54) is 29.5 Å². The van der Waals surface area contributed by atoms with E-state index < -0.39 is 11.7 Å². The van der Waals surface area contributed by atoms with Gasteiger partial charge < -0.3 is 9.47 Å². The maximum absolute atomic E-state index is 13.6. The lowest BCUT2D eigenvalue weighted by molar-refractivity contribution is 0.102. The summed E-state index contributed by atoms with van der Waals surface area (Å²) in [5.41, 5.74) is 0.675. The van der Waals surface area contributed by atoms with Crippen molar-refractivity contribution in [1.29, 1.82) is 0 Å². The number of fused-ring (bicyclic) bond motifs is 2. The molecule has 0 unspecified atom stereocenters. The van der Waals surface area contributed by atoms with Gasteiger partial charge in [-0.1, -0.05) is 23.5 Å². The van der Waals surface area contributed by atoms with E-state index >= 15 is 0 Å². The second-order valence-electron chi connectivity index (χ2n) is 4.63. The van der Waals surface area contributed by atoms with Gasteiger partial charge in [0.25, 0.3) is 5.91 Å². The molecule has 0 radical (unpaired) electrons. The van der Waals surface area contributed by atoms with Gasteiger partial charge in [0.15, 0.2) is 16.6 Å². The van der Waals surface area contributed by atoms with Crippen molar-refractivity contribution in [3.63, 3.8) is 0 Å². The third-order valence-electron chi connectivity index (χ3n) is 3.22. The van der Waals surface area contributed by atoms with Gasteiger partial charge in [0.1, 0.15) is 5.82 Å². The van der Waals surface area contributed by atoms with Crippen LogP contribution in [0.2, 0.25) is 0 Å². The Kier molecular flexibility index (Phi) is 2.93. The number of amides is 1. The third-order valence-corrected chi connectivity index (χ3v) is 4.16. The highest BCUT2D eigenvalue weighted by molar-refractivity contribution is 7.22. The minimum atomic E-state index is -0.568. The van der Waals surface area contributed by atoms with E-state index in [2.05, 4.69) is 10.3 Å². The maximum atomic E-state index is 13.6.